The number of esters is 1. The van der Waals surface area contributed by atoms with Crippen molar-refractivity contribution >= 4 is 28.2 Å². The molecule has 140 valence electrons. The molecule has 1 aromatic heterocycles. The molecule has 0 radical (unpaired) electrons. The maximum atomic E-state index is 12.5. The van der Waals surface area contributed by atoms with Crippen LogP contribution >= 0.6 is 11.3 Å². The van der Waals surface area contributed by atoms with E-state index >= 15 is 0 Å². The highest BCUT2D eigenvalue weighted by Gasteiger charge is 2.28. The van der Waals surface area contributed by atoms with Crippen LogP contribution in [0.2, 0.25) is 0 Å². The molecule has 0 bridgehead atoms. The first-order valence-corrected chi connectivity index (χ1v) is 9.86. The summed E-state index contributed by atoms with van der Waals surface area (Å²) >= 11 is 1.42. The maximum Gasteiger partial charge on any atom is 0.302 e. The van der Waals surface area contributed by atoms with Crippen LogP contribution in [0.25, 0.3) is 0 Å². The molecule has 2 atom stereocenters. The molecule has 27 heavy (non-hydrogen) atoms. The van der Waals surface area contributed by atoms with Gasteiger partial charge in [-0.1, -0.05) is 37.3 Å². The number of carbonyl (C=O) groups is 2. The molecule has 5 nitrogen and oxygen atoms in total. The van der Waals surface area contributed by atoms with Gasteiger partial charge in [0.1, 0.15) is 17.2 Å². The van der Waals surface area contributed by atoms with Crippen LogP contribution < -0.4 is 5.32 Å². The molecule has 1 aromatic carbocycles. The van der Waals surface area contributed by atoms with Crippen molar-refractivity contribution < 1.29 is 14.3 Å². The van der Waals surface area contributed by atoms with E-state index < -0.39 is 0 Å². The number of nitrogens with zero attached hydrogens (tertiary/aromatic N) is 1. The van der Waals surface area contributed by atoms with E-state index in [2.05, 4.69) is 11.4 Å². The number of benzene rings is 1. The van der Waals surface area contributed by atoms with E-state index in [-0.39, 0.29) is 23.9 Å². The summed E-state index contributed by atoms with van der Waals surface area (Å²) in [6.07, 6.45) is 2.19. The van der Waals surface area contributed by atoms with Crippen LogP contribution in [-0.2, 0) is 27.2 Å². The summed E-state index contributed by atoms with van der Waals surface area (Å²) in [6.45, 7) is 3.42. The Balaban J connectivity index is 1.70. The average molecular weight is 382 g/mol. The quantitative estimate of drug-likeness (QED) is 0.787. The lowest BCUT2D eigenvalue weighted by molar-refractivity contribution is -0.146. The SMILES string of the molecule is CC(=O)OC1CCc2c(sc(NC(=O)CC(C)c3ccccc3)c2C#N)C1. The summed E-state index contributed by atoms with van der Waals surface area (Å²) in [5, 5.41) is 13.1. The van der Waals surface area contributed by atoms with Gasteiger partial charge in [0.25, 0.3) is 0 Å². The van der Waals surface area contributed by atoms with Gasteiger partial charge in [0.05, 0.1) is 5.56 Å². The van der Waals surface area contributed by atoms with E-state index in [9.17, 15) is 14.9 Å². The van der Waals surface area contributed by atoms with Crippen LogP contribution in [0.3, 0.4) is 0 Å². The fraction of sp³-hybridized carbons (Fsp3) is 0.381. The minimum Gasteiger partial charge on any atom is -0.462 e. The molecule has 1 N–H and O–H groups in total. The third-order valence-electron chi connectivity index (χ3n) is 4.78. The average Bonchev–Trinajstić information content (AvgIpc) is 2.97. The standard InChI is InChI=1S/C21H22N2O3S/c1-13(15-6-4-3-5-7-15)10-20(25)23-21-18(12-22)17-9-8-16(26-14(2)24)11-19(17)27-21/h3-7,13,16H,8-11H2,1-2H3,(H,23,25). The predicted molar refractivity (Wildman–Crippen MR) is 105 cm³/mol. The Morgan fingerprint density at radius 1 is 1.37 bits per heavy atom. The summed E-state index contributed by atoms with van der Waals surface area (Å²) in [4.78, 5) is 24.7. The van der Waals surface area contributed by atoms with E-state index in [0.29, 0.717) is 36.2 Å². The van der Waals surface area contributed by atoms with Gasteiger partial charge in [0, 0.05) is 24.6 Å². The van der Waals surface area contributed by atoms with Gasteiger partial charge in [0.15, 0.2) is 0 Å². The van der Waals surface area contributed by atoms with Gasteiger partial charge in [-0.3, -0.25) is 9.59 Å². The predicted octanol–water partition coefficient (Wildman–Crippen LogP) is 4.17. The molecular formula is C21H22N2O3S. The van der Waals surface area contributed by atoms with Crippen LogP contribution in [-0.4, -0.2) is 18.0 Å². The van der Waals surface area contributed by atoms with Crippen LogP contribution in [0, 0.1) is 11.3 Å². The molecule has 1 heterocycles. The van der Waals surface area contributed by atoms with E-state index in [1.807, 2.05) is 37.3 Å². The fourth-order valence-electron chi connectivity index (χ4n) is 3.45. The number of rotatable bonds is 5. The monoisotopic (exact) mass is 382 g/mol. The van der Waals surface area contributed by atoms with Crippen molar-refractivity contribution in [2.75, 3.05) is 5.32 Å². The molecule has 0 fully saturated rings. The molecule has 1 amide bonds. The summed E-state index contributed by atoms with van der Waals surface area (Å²) in [5.74, 6) is -0.290. The van der Waals surface area contributed by atoms with Crippen LogP contribution in [0.15, 0.2) is 30.3 Å². The van der Waals surface area contributed by atoms with Crippen molar-refractivity contribution in [2.45, 2.75) is 51.6 Å². The van der Waals surface area contributed by atoms with E-state index in [1.54, 1.807) is 0 Å². The fourth-order valence-corrected chi connectivity index (χ4v) is 4.73. The van der Waals surface area contributed by atoms with Crippen LogP contribution in [0.4, 0.5) is 5.00 Å². The number of carbonyl (C=O) groups excluding carboxylic acids is 2. The molecular weight excluding hydrogens is 360 g/mol. The summed E-state index contributed by atoms with van der Waals surface area (Å²) in [5.41, 5.74) is 2.65. The molecule has 0 saturated carbocycles. The molecule has 2 unspecified atom stereocenters. The zero-order chi connectivity index (χ0) is 19.4. The van der Waals surface area contributed by atoms with Crippen molar-refractivity contribution in [2.24, 2.45) is 0 Å². The number of ether oxygens (including phenoxy) is 1. The zero-order valence-electron chi connectivity index (χ0n) is 15.5. The van der Waals surface area contributed by atoms with Gasteiger partial charge in [-0.05, 0) is 29.9 Å². The van der Waals surface area contributed by atoms with Crippen LogP contribution in [0.1, 0.15) is 54.2 Å². The molecule has 1 aliphatic rings. The van der Waals surface area contributed by atoms with Crippen molar-refractivity contribution in [3.63, 3.8) is 0 Å². The third-order valence-corrected chi connectivity index (χ3v) is 5.95. The van der Waals surface area contributed by atoms with Crippen molar-refractivity contribution in [3.8, 4) is 6.07 Å². The van der Waals surface area contributed by atoms with Gasteiger partial charge < -0.3 is 10.1 Å². The van der Waals surface area contributed by atoms with Crippen molar-refractivity contribution in [3.05, 3.63) is 51.9 Å². The smallest absolute Gasteiger partial charge is 0.302 e. The maximum absolute atomic E-state index is 12.5. The zero-order valence-corrected chi connectivity index (χ0v) is 16.3. The molecule has 6 heteroatoms. The normalized spacial score (nSPS) is 16.7. The Labute approximate surface area is 163 Å². The number of nitrogens with one attached hydrogen (secondary N) is 1. The highest BCUT2D eigenvalue weighted by atomic mass is 32.1. The van der Waals surface area contributed by atoms with Gasteiger partial charge in [-0.15, -0.1) is 11.3 Å². The second kappa shape index (κ2) is 8.36. The topological polar surface area (TPSA) is 79.2 Å². The molecule has 1 aliphatic carbocycles. The second-order valence-corrected chi connectivity index (χ2v) is 7.96. The number of hydrogen-bond donors (Lipinski definition) is 1. The number of thiophene rings is 1. The summed E-state index contributed by atoms with van der Waals surface area (Å²) < 4.78 is 5.31. The Kier molecular flexibility index (Phi) is 5.92. The first-order chi connectivity index (χ1) is 13.0. The number of anilines is 1. The Morgan fingerprint density at radius 3 is 2.78 bits per heavy atom. The molecule has 0 saturated heterocycles. The lowest BCUT2D eigenvalue weighted by atomic mass is 9.93. The first-order valence-electron chi connectivity index (χ1n) is 9.04. The minimum absolute atomic E-state index is 0.0969. The van der Waals surface area contributed by atoms with E-state index in [4.69, 9.17) is 4.74 Å². The lowest BCUT2D eigenvalue weighted by Crippen LogP contribution is -2.23. The van der Waals surface area contributed by atoms with Crippen molar-refractivity contribution in [1.29, 1.82) is 5.26 Å². The van der Waals surface area contributed by atoms with Gasteiger partial charge >= 0.3 is 5.97 Å². The first kappa shape index (κ1) is 19.1. The molecule has 0 aliphatic heterocycles. The second-order valence-electron chi connectivity index (χ2n) is 6.86. The third kappa shape index (κ3) is 4.55. The summed E-state index contributed by atoms with van der Waals surface area (Å²) in [6, 6.07) is 12.1. The van der Waals surface area contributed by atoms with E-state index in [0.717, 1.165) is 16.0 Å². The number of amides is 1. The molecule has 3 rings (SSSR count). The Morgan fingerprint density at radius 2 is 2.11 bits per heavy atom. The Hall–Kier alpha value is -2.65. The summed E-state index contributed by atoms with van der Waals surface area (Å²) in [7, 11) is 0. The van der Waals surface area contributed by atoms with Gasteiger partial charge in [-0.25, -0.2) is 0 Å². The van der Waals surface area contributed by atoms with Crippen LogP contribution in [0.5, 0.6) is 0 Å². The minimum atomic E-state index is -0.288. The molecule has 2 aromatic rings. The Bertz CT molecular complexity index is 883. The lowest BCUT2D eigenvalue weighted by Gasteiger charge is -2.21. The number of hydrogen-bond acceptors (Lipinski definition) is 5. The number of nitriles is 1. The highest BCUT2D eigenvalue weighted by Crippen LogP contribution is 2.38. The van der Waals surface area contributed by atoms with Crippen molar-refractivity contribution in [1.82, 2.24) is 0 Å². The van der Waals surface area contributed by atoms with E-state index in [1.165, 1.54) is 18.3 Å². The largest absolute Gasteiger partial charge is 0.462 e. The highest BCUT2D eigenvalue weighted by molar-refractivity contribution is 7.16. The number of fused-ring (bicyclic) bond motifs is 1. The van der Waals surface area contributed by atoms with Gasteiger partial charge in [-0.2, -0.15) is 5.26 Å². The molecule has 0 spiro atoms. The van der Waals surface area contributed by atoms with Gasteiger partial charge in [0.2, 0.25) is 5.91 Å².